The highest BCUT2D eigenvalue weighted by Gasteiger charge is 2.72. The topological polar surface area (TPSA) is 0 Å². The van der Waals surface area contributed by atoms with E-state index in [1.165, 1.54) is 41.5 Å². The summed E-state index contributed by atoms with van der Waals surface area (Å²) in [5.74, 6) is 0. The van der Waals surface area contributed by atoms with Crippen LogP contribution in [0.15, 0.2) is 0 Å². The Labute approximate surface area is 146 Å². The molecule has 2 unspecified atom stereocenters. The van der Waals surface area contributed by atoms with Gasteiger partial charge in [-0.15, -0.1) is 0 Å². The van der Waals surface area contributed by atoms with E-state index in [2.05, 4.69) is 0 Å². The second-order valence-corrected chi connectivity index (χ2v) is 9.33. The molecular formula is C18H31F7. The average Bonchev–Trinajstić information content (AvgIpc) is 2.33. The molecule has 0 radical (unpaired) electrons. The number of hydrogen-bond donors (Lipinski definition) is 0. The average molecular weight is 380 g/mol. The van der Waals surface area contributed by atoms with E-state index in [-0.39, 0.29) is 13.3 Å². The third kappa shape index (κ3) is 3.80. The number of halogens is 7. The zero-order valence-electron chi connectivity index (χ0n) is 16.6. The summed E-state index contributed by atoms with van der Waals surface area (Å²) in [6.07, 6.45) is -12.2. The molecule has 0 aromatic heterocycles. The number of alkyl halides is 7. The smallest absolute Gasteiger partial charge is 0.243 e. The lowest BCUT2D eigenvalue weighted by atomic mass is 9.48. The Morgan fingerprint density at radius 1 is 0.560 bits per heavy atom. The van der Waals surface area contributed by atoms with Gasteiger partial charge in [0.2, 0.25) is 0 Å². The molecule has 0 saturated heterocycles. The first-order valence-corrected chi connectivity index (χ1v) is 8.34. The summed E-state index contributed by atoms with van der Waals surface area (Å²) in [4.78, 5) is 0. The minimum absolute atomic E-state index is 0.131. The monoisotopic (exact) mass is 380 g/mol. The third-order valence-corrected chi connectivity index (χ3v) is 6.80. The van der Waals surface area contributed by atoms with E-state index in [1.54, 1.807) is 6.92 Å². The molecule has 0 aliphatic heterocycles. The molecule has 0 nitrogen and oxygen atoms in total. The van der Waals surface area contributed by atoms with Gasteiger partial charge in [0.05, 0.1) is 0 Å². The van der Waals surface area contributed by atoms with Crippen LogP contribution in [-0.4, -0.2) is 18.0 Å². The fourth-order valence-corrected chi connectivity index (χ4v) is 3.28. The first-order chi connectivity index (χ1) is 10.5. The molecule has 2 atom stereocenters. The van der Waals surface area contributed by atoms with E-state index >= 15 is 4.39 Å². The molecule has 0 aromatic rings. The van der Waals surface area contributed by atoms with Crippen molar-refractivity contribution in [3.8, 4) is 0 Å². The van der Waals surface area contributed by atoms with E-state index in [1.807, 2.05) is 0 Å². The van der Waals surface area contributed by atoms with E-state index in [0.717, 1.165) is 6.92 Å². The van der Waals surface area contributed by atoms with Gasteiger partial charge >= 0.3 is 12.4 Å². The van der Waals surface area contributed by atoms with Crippen molar-refractivity contribution in [1.82, 2.24) is 0 Å². The lowest BCUT2D eigenvalue weighted by molar-refractivity contribution is -0.351. The molecule has 0 aliphatic rings. The summed E-state index contributed by atoms with van der Waals surface area (Å²) >= 11 is 0. The van der Waals surface area contributed by atoms with Crippen molar-refractivity contribution in [2.24, 2.45) is 21.7 Å². The van der Waals surface area contributed by atoms with E-state index in [9.17, 15) is 26.3 Å². The highest BCUT2D eigenvalue weighted by molar-refractivity contribution is 5.10. The van der Waals surface area contributed by atoms with Crippen molar-refractivity contribution in [3.05, 3.63) is 0 Å². The van der Waals surface area contributed by atoms with Crippen LogP contribution in [-0.2, 0) is 0 Å². The highest BCUT2D eigenvalue weighted by atomic mass is 19.4. The second kappa shape index (κ2) is 6.29. The van der Waals surface area contributed by atoms with E-state index in [4.69, 9.17) is 0 Å². The predicted octanol–water partition coefficient (Wildman–Crippen LogP) is 7.72. The van der Waals surface area contributed by atoms with E-state index in [0.29, 0.717) is 0 Å². The maximum Gasteiger partial charge on any atom is 0.402 e. The van der Waals surface area contributed by atoms with Gasteiger partial charge in [0, 0.05) is 5.41 Å². The van der Waals surface area contributed by atoms with Gasteiger partial charge in [-0.05, 0) is 37.5 Å². The standard InChI is InChI=1S/C18H31F7/c1-10-13(5,6)16(9,19)14(7,12(2,3)4)11-15(8,17(20,21)22)18(23,24)25/h10-11H2,1-9H3. The van der Waals surface area contributed by atoms with Crippen LogP contribution < -0.4 is 0 Å². The summed E-state index contributed by atoms with van der Waals surface area (Å²) in [6.45, 7) is 11.7. The van der Waals surface area contributed by atoms with Crippen LogP contribution in [0.5, 0.6) is 0 Å². The molecule has 152 valence electrons. The summed E-state index contributed by atoms with van der Waals surface area (Å²) in [6, 6.07) is 0. The molecule has 0 heterocycles. The van der Waals surface area contributed by atoms with Crippen LogP contribution in [0.25, 0.3) is 0 Å². The summed E-state index contributed by atoms with van der Waals surface area (Å²) in [7, 11) is 0. The molecule has 0 fully saturated rings. The van der Waals surface area contributed by atoms with Crippen LogP contribution in [0.2, 0.25) is 0 Å². The van der Waals surface area contributed by atoms with Crippen LogP contribution in [0.4, 0.5) is 30.7 Å². The predicted molar refractivity (Wildman–Crippen MR) is 86.0 cm³/mol. The minimum Gasteiger partial charge on any atom is -0.243 e. The number of hydrogen-bond acceptors (Lipinski definition) is 0. The Morgan fingerprint density at radius 2 is 0.880 bits per heavy atom. The van der Waals surface area contributed by atoms with Crippen molar-refractivity contribution >= 4 is 0 Å². The SMILES string of the molecule is CCC(C)(C)C(C)(F)C(C)(CC(C)(C(F)(F)F)C(F)(F)F)C(C)(C)C. The van der Waals surface area contributed by atoms with Crippen molar-refractivity contribution < 1.29 is 30.7 Å². The molecule has 7 heteroatoms. The van der Waals surface area contributed by atoms with Crippen LogP contribution in [0, 0.1) is 21.7 Å². The minimum atomic E-state index is -5.54. The van der Waals surface area contributed by atoms with Gasteiger partial charge in [0.25, 0.3) is 0 Å². The van der Waals surface area contributed by atoms with Gasteiger partial charge in [-0.25, -0.2) is 4.39 Å². The molecule has 0 saturated carbocycles. The molecule has 0 aromatic carbocycles. The largest absolute Gasteiger partial charge is 0.402 e. The number of rotatable bonds is 5. The molecule has 0 spiro atoms. The maximum atomic E-state index is 16.0. The molecular weight excluding hydrogens is 349 g/mol. The first kappa shape index (κ1) is 24.5. The fraction of sp³-hybridized carbons (Fsp3) is 1.00. The molecule has 0 bridgehead atoms. The quantitative estimate of drug-likeness (QED) is 0.428. The van der Waals surface area contributed by atoms with E-state index < -0.39 is 46.1 Å². The van der Waals surface area contributed by atoms with Gasteiger partial charge < -0.3 is 0 Å². The van der Waals surface area contributed by atoms with Gasteiger partial charge in [-0.2, -0.15) is 26.3 Å². The Balaban J connectivity index is 6.64. The summed E-state index contributed by atoms with van der Waals surface area (Å²) < 4.78 is 96.6. The van der Waals surface area contributed by atoms with Gasteiger partial charge in [0.15, 0.2) is 5.41 Å². The Bertz CT molecular complexity index is 449. The van der Waals surface area contributed by atoms with Gasteiger partial charge in [-0.1, -0.05) is 48.5 Å². The van der Waals surface area contributed by atoms with Gasteiger partial charge in [-0.3, -0.25) is 0 Å². The van der Waals surface area contributed by atoms with Crippen molar-refractivity contribution in [3.63, 3.8) is 0 Å². The molecule has 0 aliphatic carbocycles. The second-order valence-electron chi connectivity index (χ2n) is 9.33. The van der Waals surface area contributed by atoms with Crippen LogP contribution >= 0.6 is 0 Å². The van der Waals surface area contributed by atoms with Crippen LogP contribution in [0.1, 0.15) is 75.2 Å². The summed E-state index contributed by atoms with van der Waals surface area (Å²) in [5, 5.41) is 0. The fourth-order valence-electron chi connectivity index (χ4n) is 3.28. The normalized spacial score (nSPS) is 20.2. The third-order valence-electron chi connectivity index (χ3n) is 6.80. The Kier molecular flexibility index (Phi) is 6.17. The molecule has 25 heavy (non-hydrogen) atoms. The lowest BCUT2D eigenvalue weighted by Gasteiger charge is -2.58. The summed E-state index contributed by atoms with van der Waals surface area (Å²) in [5.41, 5.74) is -10.4. The zero-order chi connectivity index (χ0) is 20.9. The first-order valence-electron chi connectivity index (χ1n) is 8.34. The zero-order valence-corrected chi connectivity index (χ0v) is 16.6. The van der Waals surface area contributed by atoms with Crippen molar-refractivity contribution in [2.75, 3.05) is 0 Å². The van der Waals surface area contributed by atoms with Crippen LogP contribution in [0.3, 0.4) is 0 Å². The highest BCUT2D eigenvalue weighted by Crippen LogP contribution is 2.65. The Morgan fingerprint density at radius 3 is 1.08 bits per heavy atom. The maximum absolute atomic E-state index is 16.0. The molecule has 0 N–H and O–H groups in total. The molecule has 0 rings (SSSR count). The molecule has 0 amide bonds. The van der Waals surface area contributed by atoms with Gasteiger partial charge in [0.1, 0.15) is 5.67 Å². The van der Waals surface area contributed by atoms with Crippen molar-refractivity contribution in [2.45, 2.75) is 93.2 Å². The Hall–Kier alpha value is -0.490. The van der Waals surface area contributed by atoms with Crippen molar-refractivity contribution in [1.29, 1.82) is 0 Å². The lowest BCUT2D eigenvalue weighted by Crippen LogP contribution is -2.61.